The van der Waals surface area contributed by atoms with Crippen LogP contribution in [0.5, 0.6) is 5.75 Å². The van der Waals surface area contributed by atoms with Crippen LogP contribution in [0.4, 0.5) is 4.39 Å². The lowest BCUT2D eigenvalue weighted by Gasteiger charge is -2.04. The Balaban J connectivity index is 2.55. The van der Waals surface area contributed by atoms with Gasteiger partial charge in [-0.15, -0.1) is 0 Å². The van der Waals surface area contributed by atoms with Crippen molar-refractivity contribution >= 4 is 16.8 Å². The maximum Gasteiger partial charge on any atom is 0.221 e. The molecule has 0 saturated heterocycles. The van der Waals surface area contributed by atoms with Gasteiger partial charge in [0.1, 0.15) is 0 Å². The Kier molecular flexibility index (Phi) is 4.56. The number of carbonyl (C=O) groups excluding carboxylic acids is 1. The highest BCUT2D eigenvalue weighted by atomic mass is 35.5. The number of hydrogen-bond donors (Lipinski definition) is 0. The maximum atomic E-state index is 13.2. The van der Waals surface area contributed by atoms with Crippen molar-refractivity contribution in [3.05, 3.63) is 29.6 Å². The lowest BCUT2D eigenvalue weighted by molar-refractivity contribution is -0.111. The molecule has 1 aromatic carbocycles. The van der Waals surface area contributed by atoms with Crippen LogP contribution in [0.15, 0.2) is 18.2 Å². The quantitative estimate of drug-likeness (QED) is 0.727. The third kappa shape index (κ3) is 3.88. The molecule has 1 aromatic rings. The zero-order valence-electron chi connectivity index (χ0n) is 8.43. The predicted molar refractivity (Wildman–Crippen MR) is 56.8 cm³/mol. The van der Waals surface area contributed by atoms with Crippen LogP contribution in [0.3, 0.4) is 0 Å². The third-order valence-corrected chi connectivity index (χ3v) is 2.24. The van der Waals surface area contributed by atoms with Crippen molar-refractivity contribution in [1.82, 2.24) is 0 Å². The van der Waals surface area contributed by atoms with Crippen molar-refractivity contribution in [1.29, 1.82) is 0 Å². The minimum Gasteiger partial charge on any atom is -0.494 e. The van der Waals surface area contributed by atoms with Crippen LogP contribution in [0.1, 0.15) is 18.4 Å². The van der Waals surface area contributed by atoms with Gasteiger partial charge in [-0.3, -0.25) is 4.79 Å². The van der Waals surface area contributed by atoms with E-state index in [4.69, 9.17) is 16.3 Å². The molecular weight excluding hydrogens is 219 g/mol. The van der Waals surface area contributed by atoms with Gasteiger partial charge in [0.15, 0.2) is 11.6 Å². The van der Waals surface area contributed by atoms with Gasteiger partial charge in [-0.1, -0.05) is 6.07 Å². The number of hydrogen-bond acceptors (Lipinski definition) is 2. The molecule has 0 aromatic heterocycles. The van der Waals surface area contributed by atoms with Crippen LogP contribution in [0.2, 0.25) is 0 Å². The Morgan fingerprint density at radius 3 is 2.80 bits per heavy atom. The molecule has 0 radical (unpaired) electrons. The van der Waals surface area contributed by atoms with Gasteiger partial charge >= 0.3 is 0 Å². The van der Waals surface area contributed by atoms with Gasteiger partial charge in [0.25, 0.3) is 0 Å². The second-order valence-electron chi connectivity index (χ2n) is 3.18. The van der Waals surface area contributed by atoms with Crippen LogP contribution < -0.4 is 4.74 Å². The zero-order valence-corrected chi connectivity index (χ0v) is 9.18. The molecule has 0 bridgehead atoms. The van der Waals surface area contributed by atoms with E-state index in [1.165, 1.54) is 13.2 Å². The Morgan fingerprint density at radius 2 is 2.27 bits per heavy atom. The first-order valence-electron chi connectivity index (χ1n) is 4.64. The van der Waals surface area contributed by atoms with Crippen molar-refractivity contribution < 1.29 is 13.9 Å². The van der Waals surface area contributed by atoms with Crippen molar-refractivity contribution in [2.45, 2.75) is 19.3 Å². The first-order valence-corrected chi connectivity index (χ1v) is 5.02. The molecule has 0 amide bonds. The van der Waals surface area contributed by atoms with Crippen LogP contribution in [-0.2, 0) is 11.2 Å². The van der Waals surface area contributed by atoms with Crippen molar-refractivity contribution in [2.75, 3.05) is 7.11 Å². The topological polar surface area (TPSA) is 26.3 Å². The maximum absolute atomic E-state index is 13.2. The average molecular weight is 231 g/mol. The summed E-state index contributed by atoms with van der Waals surface area (Å²) in [5, 5.41) is -0.357. The molecule has 82 valence electrons. The van der Waals surface area contributed by atoms with Gasteiger partial charge in [-0.05, 0) is 42.1 Å². The van der Waals surface area contributed by atoms with E-state index < -0.39 is 0 Å². The van der Waals surface area contributed by atoms with Gasteiger partial charge in [-0.25, -0.2) is 4.39 Å². The number of methoxy groups -OCH3 is 1. The first kappa shape index (κ1) is 12.0. The van der Waals surface area contributed by atoms with Gasteiger partial charge in [-0.2, -0.15) is 0 Å². The summed E-state index contributed by atoms with van der Waals surface area (Å²) in [5.41, 5.74) is 0.839. The molecule has 0 aliphatic rings. The molecule has 0 unspecified atom stereocenters. The van der Waals surface area contributed by atoms with Crippen molar-refractivity contribution in [2.24, 2.45) is 0 Å². The third-order valence-electron chi connectivity index (χ3n) is 2.05. The molecule has 1 rings (SSSR count). The van der Waals surface area contributed by atoms with E-state index in [0.29, 0.717) is 19.3 Å². The van der Waals surface area contributed by atoms with E-state index >= 15 is 0 Å². The van der Waals surface area contributed by atoms with E-state index in [1.54, 1.807) is 12.1 Å². The number of rotatable bonds is 5. The second kappa shape index (κ2) is 5.71. The molecule has 0 N–H and O–H groups in total. The minimum absolute atomic E-state index is 0.229. The summed E-state index contributed by atoms with van der Waals surface area (Å²) in [6.07, 6.45) is 1.59. The van der Waals surface area contributed by atoms with Gasteiger partial charge < -0.3 is 4.74 Å². The summed E-state index contributed by atoms with van der Waals surface area (Å²) >= 11 is 5.19. The molecule has 0 aliphatic heterocycles. The smallest absolute Gasteiger partial charge is 0.221 e. The molecule has 2 nitrogen and oxygen atoms in total. The summed E-state index contributed by atoms with van der Waals surface area (Å²) in [7, 11) is 1.42. The van der Waals surface area contributed by atoms with Crippen LogP contribution >= 0.6 is 11.6 Å². The highest BCUT2D eigenvalue weighted by molar-refractivity contribution is 6.63. The molecule has 0 fully saturated rings. The minimum atomic E-state index is -0.382. The summed E-state index contributed by atoms with van der Waals surface area (Å²) in [4.78, 5) is 10.5. The lowest BCUT2D eigenvalue weighted by atomic mass is 10.1. The van der Waals surface area contributed by atoms with Gasteiger partial charge in [0.05, 0.1) is 7.11 Å². The fourth-order valence-corrected chi connectivity index (χ4v) is 1.43. The van der Waals surface area contributed by atoms with E-state index in [-0.39, 0.29) is 16.8 Å². The van der Waals surface area contributed by atoms with Crippen molar-refractivity contribution in [3.63, 3.8) is 0 Å². The largest absolute Gasteiger partial charge is 0.494 e. The highest BCUT2D eigenvalue weighted by Crippen LogP contribution is 2.18. The lowest BCUT2D eigenvalue weighted by Crippen LogP contribution is -1.93. The molecule has 0 atom stereocenters. The Bertz CT molecular complexity index is 352. The van der Waals surface area contributed by atoms with Crippen LogP contribution in [0, 0.1) is 5.82 Å². The molecule has 0 spiro atoms. The monoisotopic (exact) mass is 230 g/mol. The van der Waals surface area contributed by atoms with Crippen molar-refractivity contribution in [3.8, 4) is 5.75 Å². The zero-order chi connectivity index (χ0) is 11.3. The molecular formula is C11H12ClFO2. The van der Waals surface area contributed by atoms with E-state index in [0.717, 1.165) is 5.56 Å². The van der Waals surface area contributed by atoms with Gasteiger partial charge in [0, 0.05) is 6.42 Å². The number of aryl methyl sites for hydroxylation is 1. The van der Waals surface area contributed by atoms with Gasteiger partial charge in [0.2, 0.25) is 5.24 Å². The highest BCUT2D eigenvalue weighted by Gasteiger charge is 2.04. The summed E-state index contributed by atoms with van der Waals surface area (Å²) in [6, 6.07) is 4.77. The van der Waals surface area contributed by atoms with E-state index in [2.05, 4.69) is 0 Å². The van der Waals surface area contributed by atoms with E-state index in [9.17, 15) is 9.18 Å². The number of ether oxygens (including phenoxy) is 1. The summed E-state index contributed by atoms with van der Waals surface area (Å²) in [5.74, 6) is -0.153. The Labute approximate surface area is 93.0 Å². The SMILES string of the molecule is COc1ccc(CCCC(=O)Cl)cc1F. The fraction of sp³-hybridized carbons (Fsp3) is 0.364. The fourth-order valence-electron chi connectivity index (χ4n) is 1.30. The molecule has 0 aliphatic carbocycles. The summed E-state index contributed by atoms with van der Waals surface area (Å²) in [6.45, 7) is 0. The Hall–Kier alpha value is -1.09. The number of benzene rings is 1. The molecule has 4 heteroatoms. The predicted octanol–water partition coefficient (Wildman–Crippen LogP) is 2.92. The summed E-state index contributed by atoms with van der Waals surface area (Å²) < 4.78 is 18.0. The Morgan fingerprint density at radius 1 is 1.53 bits per heavy atom. The number of halogens is 2. The van der Waals surface area contributed by atoms with Crippen LogP contribution in [0.25, 0.3) is 0 Å². The molecule has 0 saturated carbocycles. The number of carbonyl (C=O) groups is 1. The second-order valence-corrected chi connectivity index (χ2v) is 3.60. The van der Waals surface area contributed by atoms with E-state index in [1.807, 2.05) is 0 Å². The van der Waals surface area contributed by atoms with Crippen LogP contribution in [-0.4, -0.2) is 12.4 Å². The molecule has 15 heavy (non-hydrogen) atoms. The average Bonchev–Trinajstić information content (AvgIpc) is 2.17. The normalized spacial score (nSPS) is 10.1. The molecule has 0 heterocycles. The first-order chi connectivity index (χ1) is 7.13. The standard InChI is InChI=1S/C11H12ClFO2/c1-15-10-6-5-8(7-9(10)13)3-2-4-11(12)14/h5-7H,2-4H2,1H3.